The van der Waals surface area contributed by atoms with Crippen LogP contribution in [0.3, 0.4) is 0 Å². The van der Waals surface area contributed by atoms with Gasteiger partial charge in [-0.05, 0) is 5.56 Å². The van der Waals surface area contributed by atoms with Crippen LogP contribution in [0.2, 0.25) is 0 Å². The van der Waals surface area contributed by atoms with E-state index in [1.807, 2.05) is 6.07 Å². The van der Waals surface area contributed by atoms with E-state index in [1.165, 1.54) is 4.90 Å². The van der Waals surface area contributed by atoms with Crippen LogP contribution < -0.4 is 10.6 Å². The molecule has 1 fully saturated rings. The van der Waals surface area contributed by atoms with Crippen LogP contribution in [0.1, 0.15) is 11.1 Å². The van der Waals surface area contributed by atoms with Gasteiger partial charge in [0.05, 0.1) is 7.11 Å². The molecule has 7 nitrogen and oxygen atoms in total. The molecule has 0 radical (unpaired) electrons. The van der Waals surface area contributed by atoms with E-state index >= 15 is 0 Å². The lowest BCUT2D eigenvalue weighted by molar-refractivity contribution is -0.142. The van der Waals surface area contributed by atoms with E-state index < -0.39 is 59.0 Å². The molecule has 0 aliphatic carbocycles. The molecule has 11 heteroatoms. The van der Waals surface area contributed by atoms with Crippen molar-refractivity contribution < 1.29 is 36.6 Å². The van der Waals surface area contributed by atoms with Crippen molar-refractivity contribution in [2.24, 2.45) is 5.73 Å². The number of rotatable bonds is 6. The number of methoxy groups -OCH3 is 1. The molecule has 1 amide bonds. The van der Waals surface area contributed by atoms with Gasteiger partial charge in [-0.2, -0.15) is 0 Å². The lowest BCUT2D eigenvalue weighted by Crippen LogP contribution is -2.49. The molecule has 1 heterocycles. The Morgan fingerprint density at radius 1 is 0.970 bits per heavy atom. The molecule has 1 aliphatic heterocycles. The molecule has 1 atom stereocenters. The van der Waals surface area contributed by atoms with Gasteiger partial charge in [0, 0.05) is 38.2 Å². The van der Waals surface area contributed by atoms with Gasteiger partial charge in [0.1, 0.15) is 18.3 Å². The first-order chi connectivity index (χ1) is 15.7. The summed E-state index contributed by atoms with van der Waals surface area (Å²) in [5.41, 5.74) is 4.41. The number of amides is 1. The van der Waals surface area contributed by atoms with Crippen LogP contribution in [0, 0.1) is 23.3 Å². The normalized spacial score (nSPS) is 14.7. The second-order valence-electron chi connectivity index (χ2n) is 7.43. The topological polar surface area (TPSA) is 85.1 Å². The van der Waals surface area contributed by atoms with E-state index in [2.05, 4.69) is 4.74 Å². The van der Waals surface area contributed by atoms with Crippen molar-refractivity contribution in [1.29, 1.82) is 0 Å². The smallest absolute Gasteiger partial charge is 0.410 e. The summed E-state index contributed by atoms with van der Waals surface area (Å²) in [6.07, 6.45) is -1.39. The average molecular weight is 469 g/mol. The number of hydrogen-bond donors (Lipinski definition) is 1. The number of nitrogens with zero attached hydrogens (tertiary/aromatic N) is 2. The molecule has 0 aromatic heterocycles. The number of carbonyl (C=O) groups is 2. The van der Waals surface area contributed by atoms with Gasteiger partial charge < -0.3 is 25.0 Å². The summed E-state index contributed by atoms with van der Waals surface area (Å²) < 4.78 is 68.1. The third-order valence-electron chi connectivity index (χ3n) is 5.32. The lowest BCUT2D eigenvalue weighted by atomic mass is 10.0. The van der Waals surface area contributed by atoms with Gasteiger partial charge in [-0.3, -0.25) is 4.79 Å². The molecule has 2 aromatic rings. The Balaban J connectivity index is 1.68. The zero-order valence-corrected chi connectivity index (χ0v) is 17.8. The number of piperazine rings is 1. The first kappa shape index (κ1) is 24.3. The highest BCUT2D eigenvalue weighted by Crippen LogP contribution is 2.32. The summed E-state index contributed by atoms with van der Waals surface area (Å²) in [5.74, 6) is -7.43. The first-order valence-corrected chi connectivity index (χ1v) is 10.1. The molecule has 1 saturated heterocycles. The number of ether oxygens (including phenoxy) is 2. The average Bonchev–Trinajstić information content (AvgIpc) is 2.84. The van der Waals surface area contributed by atoms with Crippen molar-refractivity contribution in [1.82, 2.24) is 4.90 Å². The Labute approximate surface area is 187 Å². The molecular weight excluding hydrogens is 446 g/mol. The van der Waals surface area contributed by atoms with Gasteiger partial charge in [0.15, 0.2) is 23.3 Å². The minimum absolute atomic E-state index is 0.0324. The fourth-order valence-electron chi connectivity index (χ4n) is 3.50. The van der Waals surface area contributed by atoms with E-state index in [0.717, 1.165) is 17.6 Å². The maximum absolute atomic E-state index is 14.7. The summed E-state index contributed by atoms with van der Waals surface area (Å²) >= 11 is 0. The quantitative estimate of drug-likeness (QED) is 0.398. The standard InChI is InChI=1S/C22H23F4N3O4/c1-32-21(30)15(27)11-14-16(23)18(25)20(19(26)17(14)24)28-7-9-29(10-8-28)22(31)33-12-13-5-3-2-4-6-13/h2-6,15H,7-12,27H2,1H3/t15-/m1/s1. The van der Waals surface area contributed by atoms with Crippen LogP contribution >= 0.6 is 0 Å². The van der Waals surface area contributed by atoms with Gasteiger partial charge >= 0.3 is 12.1 Å². The maximum atomic E-state index is 14.7. The Kier molecular flexibility index (Phi) is 7.75. The van der Waals surface area contributed by atoms with Gasteiger partial charge in [0.2, 0.25) is 0 Å². The van der Waals surface area contributed by atoms with Crippen LogP contribution in [0.25, 0.3) is 0 Å². The van der Waals surface area contributed by atoms with Crippen molar-refractivity contribution in [3.8, 4) is 0 Å². The highest BCUT2D eigenvalue weighted by molar-refractivity contribution is 5.75. The molecule has 33 heavy (non-hydrogen) atoms. The SMILES string of the molecule is COC(=O)[C@H](N)Cc1c(F)c(F)c(N2CCN(C(=O)OCc3ccccc3)CC2)c(F)c1F. The third-order valence-corrected chi connectivity index (χ3v) is 5.32. The van der Waals surface area contributed by atoms with E-state index in [1.54, 1.807) is 24.3 Å². The summed E-state index contributed by atoms with van der Waals surface area (Å²) in [7, 11) is 1.02. The molecular formula is C22H23F4N3O4. The van der Waals surface area contributed by atoms with Crippen LogP contribution in [-0.4, -0.2) is 56.3 Å². The van der Waals surface area contributed by atoms with Crippen molar-refractivity contribution in [2.75, 3.05) is 38.2 Å². The Bertz CT molecular complexity index is 985. The summed E-state index contributed by atoms with van der Waals surface area (Å²) in [4.78, 5) is 26.1. The zero-order chi connectivity index (χ0) is 24.1. The molecule has 178 valence electrons. The molecule has 3 rings (SSSR count). The molecule has 0 bridgehead atoms. The Morgan fingerprint density at radius 2 is 1.55 bits per heavy atom. The summed E-state index contributed by atoms with van der Waals surface area (Å²) in [6, 6.07) is 7.53. The maximum Gasteiger partial charge on any atom is 0.410 e. The lowest BCUT2D eigenvalue weighted by Gasteiger charge is -2.36. The van der Waals surface area contributed by atoms with E-state index in [0.29, 0.717) is 0 Å². The molecule has 0 saturated carbocycles. The van der Waals surface area contributed by atoms with Crippen LogP contribution in [0.5, 0.6) is 0 Å². The second-order valence-corrected chi connectivity index (χ2v) is 7.43. The number of carbonyl (C=O) groups excluding carboxylic acids is 2. The molecule has 0 unspecified atom stereocenters. The minimum atomic E-state index is -1.63. The fraction of sp³-hybridized carbons (Fsp3) is 0.364. The van der Waals surface area contributed by atoms with Gasteiger partial charge in [0.25, 0.3) is 0 Å². The second kappa shape index (κ2) is 10.5. The van der Waals surface area contributed by atoms with Crippen molar-refractivity contribution >= 4 is 17.7 Å². The minimum Gasteiger partial charge on any atom is -0.468 e. The van der Waals surface area contributed by atoms with Crippen LogP contribution in [-0.2, 0) is 27.3 Å². The van der Waals surface area contributed by atoms with Crippen molar-refractivity contribution in [3.63, 3.8) is 0 Å². The number of hydrogen-bond acceptors (Lipinski definition) is 6. The molecule has 1 aliphatic rings. The number of halogens is 4. The number of anilines is 1. The van der Waals surface area contributed by atoms with Crippen molar-refractivity contribution in [3.05, 3.63) is 64.7 Å². The molecule has 2 N–H and O–H groups in total. The summed E-state index contributed by atoms with van der Waals surface area (Å²) in [6.45, 7) is -0.0213. The highest BCUT2D eigenvalue weighted by Gasteiger charge is 2.32. The van der Waals surface area contributed by atoms with E-state index in [4.69, 9.17) is 10.5 Å². The van der Waals surface area contributed by atoms with Gasteiger partial charge in [-0.25, -0.2) is 22.4 Å². The summed E-state index contributed by atoms with van der Waals surface area (Å²) in [5, 5.41) is 0. The highest BCUT2D eigenvalue weighted by atomic mass is 19.2. The molecule has 0 spiro atoms. The number of benzene rings is 2. The predicted molar refractivity (Wildman–Crippen MR) is 110 cm³/mol. The van der Waals surface area contributed by atoms with E-state index in [-0.39, 0.29) is 32.8 Å². The van der Waals surface area contributed by atoms with E-state index in [9.17, 15) is 27.2 Å². The first-order valence-electron chi connectivity index (χ1n) is 10.1. The number of esters is 1. The zero-order valence-electron chi connectivity index (χ0n) is 17.8. The predicted octanol–water partition coefficient (Wildman–Crippen LogP) is 2.74. The fourth-order valence-corrected chi connectivity index (χ4v) is 3.50. The van der Waals surface area contributed by atoms with Crippen molar-refractivity contribution in [2.45, 2.75) is 19.1 Å². The van der Waals surface area contributed by atoms with Crippen LogP contribution in [0.4, 0.5) is 28.0 Å². The third kappa shape index (κ3) is 5.36. The Morgan fingerprint density at radius 3 is 2.09 bits per heavy atom. The Hall–Kier alpha value is -3.34. The molecule has 2 aromatic carbocycles. The largest absolute Gasteiger partial charge is 0.468 e. The number of nitrogens with two attached hydrogens (primary N) is 1. The van der Waals surface area contributed by atoms with Gasteiger partial charge in [-0.15, -0.1) is 0 Å². The van der Waals surface area contributed by atoms with Gasteiger partial charge in [-0.1, -0.05) is 30.3 Å². The van der Waals surface area contributed by atoms with Crippen LogP contribution in [0.15, 0.2) is 30.3 Å². The monoisotopic (exact) mass is 469 g/mol.